The van der Waals surface area contributed by atoms with Crippen LogP contribution in [0.1, 0.15) is 12.0 Å². The predicted molar refractivity (Wildman–Crippen MR) is 85.8 cm³/mol. The third kappa shape index (κ3) is 3.99. The molecular weight excluding hydrogens is 310 g/mol. The molecule has 2 heterocycles. The first-order chi connectivity index (χ1) is 11.6. The van der Waals surface area contributed by atoms with E-state index in [9.17, 15) is 9.59 Å². The van der Waals surface area contributed by atoms with Gasteiger partial charge in [-0.1, -0.05) is 18.2 Å². The Labute approximate surface area is 139 Å². The fraction of sp³-hybridized carbons (Fsp3) is 0.353. The number of nitrogens with zero attached hydrogens (tertiary/aromatic N) is 3. The van der Waals surface area contributed by atoms with Gasteiger partial charge in [-0.05, 0) is 17.7 Å². The largest absolute Gasteiger partial charge is 0.481 e. The fourth-order valence-electron chi connectivity index (χ4n) is 2.72. The van der Waals surface area contributed by atoms with Gasteiger partial charge in [-0.3, -0.25) is 9.59 Å². The van der Waals surface area contributed by atoms with E-state index in [1.807, 2.05) is 36.5 Å². The van der Waals surface area contributed by atoms with Crippen molar-refractivity contribution in [2.24, 2.45) is 0 Å². The van der Waals surface area contributed by atoms with Crippen molar-refractivity contribution in [3.63, 3.8) is 0 Å². The summed E-state index contributed by atoms with van der Waals surface area (Å²) in [5.41, 5.74) is 1.76. The molecule has 1 saturated heterocycles. The standard InChI is InChI=1S/C17H19N3O4/c21-16(19-6-7-24-15(12-19)9-17(22)23)8-13-10-18-20(11-13)14-4-2-1-3-5-14/h1-5,10-11,15H,6-9,12H2,(H,22,23). The number of hydrogen-bond donors (Lipinski definition) is 1. The van der Waals surface area contributed by atoms with Gasteiger partial charge in [-0.2, -0.15) is 5.10 Å². The van der Waals surface area contributed by atoms with Crippen molar-refractivity contribution in [1.82, 2.24) is 14.7 Å². The number of aromatic nitrogens is 2. The van der Waals surface area contributed by atoms with Crippen LogP contribution in [-0.2, 0) is 20.7 Å². The molecule has 1 N–H and O–H groups in total. The minimum absolute atomic E-state index is 0.0405. The van der Waals surface area contributed by atoms with E-state index in [1.54, 1.807) is 15.8 Å². The van der Waals surface area contributed by atoms with Crippen molar-refractivity contribution in [3.05, 3.63) is 48.3 Å². The molecule has 3 rings (SSSR count). The molecule has 1 amide bonds. The van der Waals surface area contributed by atoms with Crippen LogP contribution >= 0.6 is 0 Å². The van der Waals surface area contributed by atoms with Crippen LogP contribution in [-0.4, -0.2) is 57.5 Å². The Bertz CT molecular complexity index is 714. The molecule has 1 aromatic carbocycles. The molecule has 126 valence electrons. The molecule has 7 nitrogen and oxygen atoms in total. The number of amides is 1. The molecule has 0 bridgehead atoms. The highest BCUT2D eigenvalue weighted by Gasteiger charge is 2.26. The molecule has 0 saturated carbocycles. The smallest absolute Gasteiger partial charge is 0.306 e. The second kappa shape index (κ2) is 7.27. The van der Waals surface area contributed by atoms with Crippen LogP contribution in [0.3, 0.4) is 0 Å². The normalized spacial score (nSPS) is 17.7. The number of carbonyl (C=O) groups excluding carboxylic acids is 1. The summed E-state index contributed by atoms with van der Waals surface area (Å²) in [5, 5.41) is 13.1. The number of rotatable bonds is 5. The molecule has 0 radical (unpaired) electrons. The van der Waals surface area contributed by atoms with E-state index in [4.69, 9.17) is 9.84 Å². The van der Waals surface area contributed by atoms with Gasteiger partial charge < -0.3 is 14.7 Å². The monoisotopic (exact) mass is 329 g/mol. The molecule has 1 aromatic heterocycles. The molecule has 1 fully saturated rings. The van der Waals surface area contributed by atoms with E-state index in [1.165, 1.54) is 0 Å². The Morgan fingerprint density at radius 3 is 2.83 bits per heavy atom. The lowest BCUT2D eigenvalue weighted by molar-refractivity contribution is -0.147. The lowest BCUT2D eigenvalue weighted by Gasteiger charge is -2.32. The van der Waals surface area contributed by atoms with Crippen molar-refractivity contribution in [2.45, 2.75) is 18.9 Å². The first kappa shape index (κ1) is 16.2. The fourth-order valence-corrected chi connectivity index (χ4v) is 2.72. The minimum Gasteiger partial charge on any atom is -0.481 e. The third-order valence-electron chi connectivity index (χ3n) is 3.91. The van der Waals surface area contributed by atoms with Gasteiger partial charge in [0.25, 0.3) is 0 Å². The van der Waals surface area contributed by atoms with E-state index in [2.05, 4.69) is 5.10 Å². The average molecular weight is 329 g/mol. The Hall–Kier alpha value is -2.67. The molecule has 0 spiro atoms. The molecule has 1 atom stereocenters. The number of ether oxygens (including phenoxy) is 1. The summed E-state index contributed by atoms with van der Waals surface area (Å²) in [6.45, 7) is 1.17. The van der Waals surface area contributed by atoms with Gasteiger partial charge in [0.1, 0.15) is 0 Å². The zero-order valence-corrected chi connectivity index (χ0v) is 13.2. The lowest BCUT2D eigenvalue weighted by Crippen LogP contribution is -2.46. The van der Waals surface area contributed by atoms with Gasteiger partial charge >= 0.3 is 5.97 Å². The molecule has 1 aliphatic rings. The maximum absolute atomic E-state index is 12.4. The van der Waals surface area contributed by atoms with Crippen molar-refractivity contribution in [3.8, 4) is 5.69 Å². The van der Waals surface area contributed by atoms with Crippen molar-refractivity contribution in [2.75, 3.05) is 19.7 Å². The number of carboxylic acids is 1. The summed E-state index contributed by atoms with van der Waals surface area (Å²) in [7, 11) is 0. The lowest BCUT2D eigenvalue weighted by atomic mass is 10.1. The van der Waals surface area contributed by atoms with Crippen molar-refractivity contribution in [1.29, 1.82) is 0 Å². The van der Waals surface area contributed by atoms with Crippen LogP contribution in [0.4, 0.5) is 0 Å². The number of benzene rings is 1. The van der Waals surface area contributed by atoms with Gasteiger partial charge in [0.2, 0.25) is 5.91 Å². The summed E-state index contributed by atoms with van der Waals surface area (Å²) in [4.78, 5) is 24.9. The summed E-state index contributed by atoms with van der Waals surface area (Å²) in [6.07, 6.45) is 3.23. The topological polar surface area (TPSA) is 84.7 Å². The first-order valence-electron chi connectivity index (χ1n) is 7.82. The molecule has 7 heteroatoms. The number of aliphatic carboxylic acids is 1. The van der Waals surface area contributed by atoms with E-state index in [0.29, 0.717) is 19.7 Å². The minimum atomic E-state index is -0.918. The van der Waals surface area contributed by atoms with Crippen LogP contribution < -0.4 is 0 Å². The molecular formula is C17H19N3O4. The Morgan fingerprint density at radius 2 is 2.08 bits per heavy atom. The van der Waals surface area contributed by atoms with Gasteiger partial charge in [0, 0.05) is 19.3 Å². The van der Waals surface area contributed by atoms with Crippen LogP contribution in [0.2, 0.25) is 0 Å². The quantitative estimate of drug-likeness (QED) is 0.888. The Morgan fingerprint density at radius 1 is 1.29 bits per heavy atom. The third-order valence-corrected chi connectivity index (χ3v) is 3.91. The van der Waals surface area contributed by atoms with Gasteiger partial charge in [-0.25, -0.2) is 4.68 Å². The zero-order chi connectivity index (χ0) is 16.9. The highest BCUT2D eigenvalue weighted by atomic mass is 16.5. The zero-order valence-electron chi connectivity index (χ0n) is 13.2. The number of para-hydroxylation sites is 1. The van der Waals surface area contributed by atoms with Crippen LogP contribution in [0.25, 0.3) is 5.69 Å². The summed E-state index contributed by atoms with van der Waals surface area (Å²) in [5.74, 6) is -0.959. The molecule has 1 unspecified atom stereocenters. The van der Waals surface area contributed by atoms with Crippen molar-refractivity contribution < 1.29 is 19.4 Å². The molecule has 2 aromatic rings. The average Bonchev–Trinajstić information content (AvgIpc) is 3.04. The van der Waals surface area contributed by atoms with E-state index in [-0.39, 0.29) is 18.7 Å². The Kier molecular flexibility index (Phi) is 4.90. The van der Waals surface area contributed by atoms with E-state index in [0.717, 1.165) is 11.3 Å². The maximum atomic E-state index is 12.4. The van der Waals surface area contributed by atoms with Gasteiger partial charge in [0.15, 0.2) is 0 Å². The highest BCUT2D eigenvalue weighted by molar-refractivity contribution is 5.79. The van der Waals surface area contributed by atoms with Crippen molar-refractivity contribution >= 4 is 11.9 Å². The highest BCUT2D eigenvalue weighted by Crippen LogP contribution is 2.12. The van der Waals surface area contributed by atoms with E-state index < -0.39 is 12.1 Å². The number of morpholine rings is 1. The van der Waals surface area contributed by atoms with Gasteiger partial charge in [-0.15, -0.1) is 0 Å². The van der Waals surface area contributed by atoms with Crippen LogP contribution in [0, 0.1) is 0 Å². The summed E-state index contributed by atoms with van der Waals surface area (Å²) >= 11 is 0. The second-order valence-electron chi connectivity index (χ2n) is 5.74. The maximum Gasteiger partial charge on any atom is 0.306 e. The molecule has 0 aliphatic carbocycles. The summed E-state index contributed by atoms with van der Waals surface area (Å²) < 4.78 is 7.12. The number of carbonyl (C=O) groups is 2. The SMILES string of the molecule is O=C(O)CC1CN(C(=O)Cc2cnn(-c3ccccc3)c2)CCO1. The molecule has 24 heavy (non-hydrogen) atoms. The van der Waals surface area contributed by atoms with Crippen LogP contribution in [0.5, 0.6) is 0 Å². The predicted octanol–water partition coefficient (Wildman–Crippen LogP) is 1.12. The van der Waals surface area contributed by atoms with Gasteiger partial charge in [0.05, 0.1) is 37.4 Å². The Balaban J connectivity index is 1.61. The first-order valence-corrected chi connectivity index (χ1v) is 7.82. The second-order valence-corrected chi connectivity index (χ2v) is 5.74. The number of hydrogen-bond acceptors (Lipinski definition) is 4. The summed E-state index contributed by atoms with van der Waals surface area (Å²) in [6, 6.07) is 9.67. The molecule has 1 aliphatic heterocycles. The van der Waals surface area contributed by atoms with Crippen LogP contribution in [0.15, 0.2) is 42.7 Å². The number of carboxylic acid groups (broad SMARTS) is 1. The van der Waals surface area contributed by atoms with E-state index >= 15 is 0 Å².